The molecule has 0 saturated carbocycles. The number of hydrogen-bond donors (Lipinski definition) is 0. The van der Waals surface area contributed by atoms with Gasteiger partial charge in [-0.25, -0.2) is 4.98 Å². The van der Waals surface area contributed by atoms with E-state index in [1.54, 1.807) is 11.3 Å². The maximum Gasteiger partial charge on any atom is 0.0954 e. The number of nitrogens with zero attached hydrogens (tertiary/aromatic N) is 2. The van der Waals surface area contributed by atoms with Gasteiger partial charge in [-0.15, -0.1) is 11.3 Å². The Hall–Kier alpha value is -0.450. The minimum absolute atomic E-state index is 0.544. The van der Waals surface area contributed by atoms with Crippen molar-refractivity contribution in [1.82, 2.24) is 9.88 Å². The molecule has 1 aliphatic heterocycles. The molecule has 3 nitrogen and oxygen atoms in total. The maximum absolute atomic E-state index is 5.40. The average Bonchev–Trinajstić information content (AvgIpc) is 2.88. The summed E-state index contributed by atoms with van der Waals surface area (Å²) in [4.78, 5) is 7.03. The largest absolute Gasteiger partial charge is 0.381 e. The maximum atomic E-state index is 5.40. The second-order valence-corrected chi connectivity index (χ2v) is 6.15. The zero-order valence-electron chi connectivity index (χ0n) is 11.0. The molecule has 1 aromatic rings. The summed E-state index contributed by atoms with van der Waals surface area (Å²) < 4.78 is 5.40. The zero-order chi connectivity index (χ0) is 12.3. The lowest BCUT2D eigenvalue weighted by Crippen LogP contribution is -2.25. The molecule has 0 unspecified atom stereocenters. The summed E-state index contributed by atoms with van der Waals surface area (Å²) in [5.74, 6) is 1.26. The van der Waals surface area contributed by atoms with Crippen LogP contribution in [0, 0.1) is 5.92 Å². The fraction of sp³-hybridized carbons (Fsp3) is 0.769. The highest BCUT2D eigenvalue weighted by molar-refractivity contribution is 7.09. The van der Waals surface area contributed by atoms with Crippen LogP contribution in [0.2, 0.25) is 0 Å². The van der Waals surface area contributed by atoms with Gasteiger partial charge >= 0.3 is 0 Å². The van der Waals surface area contributed by atoms with Crippen LogP contribution in [0.1, 0.15) is 36.9 Å². The van der Waals surface area contributed by atoms with Crippen LogP contribution in [-0.4, -0.2) is 36.7 Å². The summed E-state index contributed by atoms with van der Waals surface area (Å²) in [5, 5.41) is 3.44. The van der Waals surface area contributed by atoms with Crippen LogP contribution in [0.5, 0.6) is 0 Å². The Morgan fingerprint density at radius 1 is 1.59 bits per heavy atom. The molecule has 1 fully saturated rings. The van der Waals surface area contributed by atoms with Gasteiger partial charge < -0.3 is 9.64 Å². The van der Waals surface area contributed by atoms with Gasteiger partial charge in [0.2, 0.25) is 0 Å². The van der Waals surface area contributed by atoms with Crippen molar-refractivity contribution < 1.29 is 4.74 Å². The average molecular weight is 254 g/mol. The molecule has 0 radical (unpaired) electrons. The predicted octanol–water partition coefficient (Wildman–Crippen LogP) is 2.73. The lowest BCUT2D eigenvalue weighted by atomic mass is 10.1. The Labute approximate surface area is 108 Å². The normalized spacial score (nSPS) is 20.6. The van der Waals surface area contributed by atoms with Gasteiger partial charge in [-0.05, 0) is 19.4 Å². The van der Waals surface area contributed by atoms with Crippen molar-refractivity contribution in [2.45, 2.75) is 32.7 Å². The van der Waals surface area contributed by atoms with E-state index in [0.717, 1.165) is 26.3 Å². The second-order valence-electron chi connectivity index (χ2n) is 5.26. The molecule has 1 atom stereocenters. The first kappa shape index (κ1) is 13.0. The summed E-state index contributed by atoms with van der Waals surface area (Å²) in [7, 11) is 2.17. The van der Waals surface area contributed by atoms with Gasteiger partial charge in [0.15, 0.2) is 0 Å². The summed E-state index contributed by atoms with van der Waals surface area (Å²) >= 11 is 1.78. The topological polar surface area (TPSA) is 25.4 Å². The Bertz CT molecular complexity index is 345. The molecule has 1 aliphatic rings. The molecular formula is C13H22N2OS. The molecule has 0 amide bonds. The molecule has 4 heteroatoms. The Kier molecular flexibility index (Phi) is 4.54. The summed E-state index contributed by atoms with van der Waals surface area (Å²) in [5.41, 5.74) is 1.21. The summed E-state index contributed by atoms with van der Waals surface area (Å²) in [6.45, 7) is 8.34. The zero-order valence-corrected chi connectivity index (χ0v) is 11.8. The predicted molar refractivity (Wildman–Crippen MR) is 71.5 cm³/mol. The van der Waals surface area contributed by atoms with Crippen molar-refractivity contribution in [3.63, 3.8) is 0 Å². The number of hydrogen-bond acceptors (Lipinski definition) is 4. The van der Waals surface area contributed by atoms with Gasteiger partial charge in [0.1, 0.15) is 0 Å². The van der Waals surface area contributed by atoms with E-state index in [-0.39, 0.29) is 0 Å². The standard InChI is InChI=1S/C13H22N2OS/c1-10(2)13-14-12(9-17-13)7-15(3)6-11-4-5-16-8-11/h9-11H,4-8H2,1-3H3/t11-/m0/s1. The molecule has 0 spiro atoms. The summed E-state index contributed by atoms with van der Waals surface area (Å²) in [6, 6.07) is 0. The number of rotatable bonds is 5. The lowest BCUT2D eigenvalue weighted by Gasteiger charge is -2.18. The van der Waals surface area contributed by atoms with Gasteiger partial charge in [-0.3, -0.25) is 0 Å². The lowest BCUT2D eigenvalue weighted by molar-refractivity contribution is 0.172. The van der Waals surface area contributed by atoms with E-state index < -0.39 is 0 Å². The first-order chi connectivity index (χ1) is 8.15. The van der Waals surface area contributed by atoms with Gasteiger partial charge in [0.25, 0.3) is 0 Å². The van der Waals surface area contributed by atoms with Crippen LogP contribution in [0.4, 0.5) is 0 Å². The van der Waals surface area contributed by atoms with Crippen LogP contribution < -0.4 is 0 Å². The highest BCUT2D eigenvalue weighted by Crippen LogP contribution is 2.20. The molecule has 0 bridgehead atoms. The molecule has 17 heavy (non-hydrogen) atoms. The van der Waals surface area contributed by atoms with E-state index in [2.05, 4.69) is 36.2 Å². The number of thiazole rings is 1. The van der Waals surface area contributed by atoms with Crippen molar-refractivity contribution >= 4 is 11.3 Å². The van der Waals surface area contributed by atoms with E-state index in [0.29, 0.717) is 11.8 Å². The van der Waals surface area contributed by atoms with Gasteiger partial charge in [-0.1, -0.05) is 13.8 Å². The van der Waals surface area contributed by atoms with Crippen LogP contribution in [0.25, 0.3) is 0 Å². The SMILES string of the molecule is CC(C)c1nc(CN(C)C[C@@H]2CCOC2)cs1. The van der Waals surface area contributed by atoms with E-state index in [1.807, 2.05) is 0 Å². The third-order valence-electron chi connectivity index (χ3n) is 3.09. The second kappa shape index (κ2) is 5.94. The van der Waals surface area contributed by atoms with Crippen LogP contribution >= 0.6 is 11.3 Å². The Balaban J connectivity index is 1.82. The molecule has 0 N–H and O–H groups in total. The minimum Gasteiger partial charge on any atom is -0.381 e. The monoisotopic (exact) mass is 254 g/mol. The Morgan fingerprint density at radius 2 is 2.41 bits per heavy atom. The minimum atomic E-state index is 0.544. The molecule has 2 rings (SSSR count). The quantitative estimate of drug-likeness (QED) is 0.808. The van der Waals surface area contributed by atoms with Crippen molar-refractivity contribution in [1.29, 1.82) is 0 Å². The highest BCUT2D eigenvalue weighted by Gasteiger charge is 2.18. The van der Waals surface area contributed by atoms with Crippen molar-refractivity contribution in [3.05, 3.63) is 16.1 Å². The van der Waals surface area contributed by atoms with Crippen LogP contribution in [-0.2, 0) is 11.3 Å². The van der Waals surface area contributed by atoms with Crippen LogP contribution in [0.15, 0.2) is 5.38 Å². The molecule has 96 valence electrons. The van der Waals surface area contributed by atoms with Crippen molar-refractivity contribution in [3.8, 4) is 0 Å². The molecular weight excluding hydrogens is 232 g/mol. The molecule has 1 aromatic heterocycles. The third kappa shape index (κ3) is 3.76. The fourth-order valence-electron chi connectivity index (χ4n) is 2.17. The fourth-order valence-corrected chi connectivity index (χ4v) is 3.00. The molecule has 2 heterocycles. The number of ether oxygens (including phenoxy) is 1. The molecule has 0 aliphatic carbocycles. The summed E-state index contributed by atoms with van der Waals surface area (Å²) in [6.07, 6.45) is 1.21. The van der Waals surface area contributed by atoms with Crippen LogP contribution in [0.3, 0.4) is 0 Å². The van der Waals surface area contributed by atoms with E-state index >= 15 is 0 Å². The van der Waals surface area contributed by atoms with Crippen molar-refractivity contribution in [2.24, 2.45) is 5.92 Å². The van der Waals surface area contributed by atoms with E-state index in [9.17, 15) is 0 Å². The highest BCUT2D eigenvalue weighted by atomic mass is 32.1. The van der Waals surface area contributed by atoms with Gasteiger partial charge in [-0.2, -0.15) is 0 Å². The van der Waals surface area contributed by atoms with E-state index in [4.69, 9.17) is 4.74 Å². The van der Waals surface area contributed by atoms with Gasteiger partial charge in [0.05, 0.1) is 17.3 Å². The number of aromatic nitrogens is 1. The van der Waals surface area contributed by atoms with Gasteiger partial charge in [0, 0.05) is 31.0 Å². The van der Waals surface area contributed by atoms with Crippen molar-refractivity contribution in [2.75, 3.05) is 26.8 Å². The van der Waals surface area contributed by atoms with E-state index in [1.165, 1.54) is 17.1 Å². The third-order valence-corrected chi connectivity index (χ3v) is 4.28. The first-order valence-corrected chi connectivity index (χ1v) is 7.23. The molecule has 0 aromatic carbocycles. The Morgan fingerprint density at radius 3 is 3.00 bits per heavy atom. The molecule has 1 saturated heterocycles. The smallest absolute Gasteiger partial charge is 0.0954 e. The first-order valence-electron chi connectivity index (χ1n) is 6.35.